The fraction of sp³-hybridized carbons (Fsp3) is 0.613. The molecule has 2 aliphatic heterocycles. The molecular weight excluding hydrogens is 522 g/mol. The van der Waals surface area contributed by atoms with Gasteiger partial charge in [-0.1, -0.05) is 32.6 Å². The fourth-order valence-corrected chi connectivity index (χ4v) is 6.51. The number of aromatic hydroxyl groups is 1. The second-order valence-corrected chi connectivity index (χ2v) is 11.8. The molecule has 5 rings (SSSR count). The first-order chi connectivity index (χ1) is 19.9. The van der Waals surface area contributed by atoms with Gasteiger partial charge >= 0.3 is 0 Å². The van der Waals surface area contributed by atoms with Crippen molar-refractivity contribution >= 4 is 11.8 Å². The zero-order valence-corrected chi connectivity index (χ0v) is 24.0. The van der Waals surface area contributed by atoms with Crippen LogP contribution in [0, 0.1) is 5.92 Å². The predicted octanol–water partition coefficient (Wildman–Crippen LogP) is 3.16. The number of likely N-dealkylation sites (tertiary alicyclic amines) is 1. The molecule has 0 aromatic carbocycles. The Balaban J connectivity index is 1.18. The molecule has 3 N–H and O–H groups in total. The molecule has 1 saturated carbocycles. The van der Waals surface area contributed by atoms with Gasteiger partial charge in [0.05, 0.1) is 29.9 Å². The van der Waals surface area contributed by atoms with Gasteiger partial charge in [-0.25, -0.2) is 0 Å². The van der Waals surface area contributed by atoms with Gasteiger partial charge in [0.1, 0.15) is 29.7 Å². The van der Waals surface area contributed by atoms with Crippen molar-refractivity contribution in [3.8, 4) is 11.5 Å². The van der Waals surface area contributed by atoms with Crippen LogP contribution in [0.2, 0.25) is 0 Å². The van der Waals surface area contributed by atoms with Crippen molar-refractivity contribution < 1.29 is 24.5 Å². The summed E-state index contributed by atoms with van der Waals surface area (Å²) in [4.78, 5) is 40.3. The van der Waals surface area contributed by atoms with Gasteiger partial charge in [0.15, 0.2) is 0 Å². The molecule has 10 nitrogen and oxygen atoms in total. The van der Waals surface area contributed by atoms with Crippen molar-refractivity contribution in [2.75, 3.05) is 19.6 Å². The molecule has 3 fully saturated rings. The highest BCUT2D eigenvalue weighted by atomic mass is 16.5. The summed E-state index contributed by atoms with van der Waals surface area (Å²) in [5.74, 6) is 0.580. The van der Waals surface area contributed by atoms with Crippen LogP contribution in [-0.2, 0) is 22.7 Å². The fourth-order valence-electron chi connectivity index (χ4n) is 6.51. The third kappa shape index (κ3) is 6.64. The summed E-state index contributed by atoms with van der Waals surface area (Å²) in [5, 5.41) is 23.5. The number of carbonyl (C=O) groups excluding carboxylic acids is 2. The summed E-state index contributed by atoms with van der Waals surface area (Å²) < 4.78 is 5.76. The van der Waals surface area contributed by atoms with E-state index in [0.29, 0.717) is 50.5 Å². The van der Waals surface area contributed by atoms with Crippen LogP contribution in [0.15, 0.2) is 36.7 Å². The van der Waals surface area contributed by atoms with Crippen molar-refractivity contribution in [3.63, 3.8) is 0 Å². The summed E-state index contributed by atoms with van der Waals surface area (Å²) in [6, 6.07) is 6.26. The van der Waals surface area contributed by atoms with Crippen LogP contribution in [0.25, 0.3) is 0 Å². The van der Waals surface area contributed by atoms with Crippen molar-refractivity contribution in [1.82, 2.24) is 25.1 Å². The summed E-state index contributed by atoms with van der Waals surface area (Å²) in [7, 11) is 0. The molecule has 0 radical (unpaired) electrons. The molecule has 2 atom stereocenters. The van der Waals surface area contributed by atoms with E-state index in [1.54, 1.807) is 18.3 Å². The maximum absolute atomic E-state index is 13.8. The number of aromatic nitrogens is 2. The minimum absolute atomic E-state index is 0.0655. The molecule has 2 aromatic rings. The number of piperidine rings is 1. The largest absolute Gasteiger partial charge is 0.506 e. The minimum Gasteiger partial charge on any atom is -0.506 e. The zero-order valence-electron chi connectivity index (χ0n) is 24.0. The quantitative estimate of drug-likeness (QED) is 0.401. The molecule has 2 amide bonds. The number of aliphatic hydroxyl groups excluding tert-OH is 1. The van der Waals surface area contributed by atoms with Crippen LogP contribution in [0.1, 0.15) is 76.1 Å². The maximum atomic E-state index is 13.8. The second kappa shape index (κ2) is 13.2. The second-order valence-electron chi connectivity index (χ2n) is 11.8. The first-order valence-electron chi connectivity index (χ1n) is 15.1. The number of hydrogen-bond donors (Lipinski definition) is 3. The number of carbonyl (C=O) groups is 2. The van der Waals surface area contributed by atoms with Gasteiger partial charge < -0.3 is 25.2 Å². The molecule has 3 aliphatic rings. The van der Waals surface area contributed by atoms with E-state index in [1.165, 1.54) is 12.6 Å². The van der Waals surface area contributed by atoms with Crippen molar-refractivity contribution in [2.24, 2.45) is 5.92 Å². The van der Waals surface area contributed by atoms with E-state index in [1.807, 2.05) is 17.0 Å². The van der Waals surface area contributed by atoms with E-state index in [4.69, 9.17) is 4.74 Å². The van der Waals surface area contributed by atoms with Crippen LogP contribution in [-0.4, -0.2) is 79.1 Å². The minimum atomic E-state index is -0.862. The smallest absolute Gasteiger partial charge is 0.248 e. The summed E-state index contributed by atoms with van der Waals surface area (Å²) in [6.07, 6.45) is 10.2. The Hall–Kier alpha value is -3.24. The Morgan fingerprint density at radius 3 is 2.44 bits per heavy atom. The van der Waals surface area contributed by atoms with Crippen molar-refractivity contribution in [3.05, 3.63) is 48.0 Å². The van der Waals surface area contributed by atoms with Gasteiger partial charge in [-0.05, 0) is 62.3 Å². The molecule has 2 saturated heterocycles. The Kier molecular flexibility index (Phi) is 9.39. The number of nitrogens with one attached hydrogen (secondary N) is 1. The lowest BCUT2D eigenvalue weighted by Gasteiger charge is -2.52. The standard InChI is InChI=1S/C31H43N5O5/c1-2-3-15-36-29(39)27(28(38)22-7-5-4-6-8-22)34-30(40)31(36)13-16-35(17-14-31)20-23-10-12-26(19-33-23)41-21-24-9-11-25(37)18-32-24/h9-12,18-19,22,27-28,37-38H,2-8,13-17,20-21H2,1H3,(H,34,40)/t27-,28-/m1/s1. The summed E-state index contributed by atoms with van der Waals surface area (Å²) >= 11 is 0. The highest BCUT2D eigenvalue weighted by molar-refractivity contribution is 6.00. The maximum Gasteiger partial charge on any atom is 0.248 e. The zero-order chi connectivity index (χ0) is 28.8. The van der Waals surface area contributed by atoms with E-state index in [9.17, 15) is 19.8 Å². The Morgan fingerprint density at radius 2 is 1.78 bits per heavy atom. The lowest BCUT2D eigenvalue weighted by molar-refractivity contribution is -0.166. The predicted molar refractivity (Wildman–Crippen MR) is 153 cm³/mol. The average Bonchev–Trinajstić information content (AvgIpc) is 3.00. The topological polar surface area (TPSA) is 128 Å². The van der Waals surface area contributed by atoms with Crippen LogP contribution in [0.4, 0.5) is 0 Å². The monoisotopic (exact) mass is 565 g/mol. The molecule has 2 aromatic heterocycles. The first-order valence-corrected chi connectivity index (χ1v) is 15.1. The van der Waals surface area contributed by atoms with Crippen molar-refractivity contribution in [1.29, 1.82) is 0 Å². The number of pyridine rings is 2. The third-order valence-electron chi connectivity index (χ3n) is 9.03. The van der Waals surface area contributed by atoms with E-state index in [0.717, 1.165) is 44.2 Å². The lowest BCUT2D eigenvalue weighted by atomic mass is 9.78. The van der Waals surface area contributed by atoms with Gasteiger partial charge in [0.25, 0.3) is 0 Å². The van der Waals surface area contributed by atoms with E-state index < -0.39 is 17.7 Å². The molecule has 10 heteroatoms. The number of unbranched alkanes of at least 4 members (excludes halogenated alkanes) is 1. The highest BCUT2D eigenvalue weighted by Gasteiger charge is 2.55. The number of nitrogens with zero attached hydrogens (tertiary/aromatic N) is 4. The molecule has 0 unspecified atom stereocenters. The van der Waals surface area contributed by atoms with E-state index in [-0.39, 0.29) is 30.1 Å². The number of rotatable bonds is 10. The van der Waals surface area contributed by atoms with Gasteiger partial charge in [0.2, 0.25) is 11.8 Å². The van der Waals surface area contributed by atoms with E-state index in [2.05, 4.69) is 27.1 Å². The molecule has 1 spiro atoms. The number of aliphatic hydroxyl groups is 1. The molecule has 222 valence electrons. The van der Waals surface area contributed by atoms with Crippen LogP contribution in [0.5, 0.6) is 11.5 Å². The Labute approximate surface area is 242 Å². The Morgan fingerprint density at radius 1 is 1.05 bits per heavy atom. The summed E-state index contributed by atoms with van der Waals surface area (Å²) in [5.41, 5.74) is 0.750. The molecule has 4 heterocycles. The van der Waals surface area contributed by atoms with Crippen LogP contribution >= 0.6 is 0 Å². The molecular formula is C31H43N5O5. The van der Waals surface area contributed by atoms with Crippen LogP contribution < -0.4 is 10.1 Å². The van der Waals surface area contributed by atoms with Crippen molar-refractivity contribution in [2.45, 2.75) is 95.5 Å². The number of amides is 2. The molecule has 1 aliphatic carbocycles. The van der Waals surface area contributed by atoms with Gasteiger partial charge in [-0.2, -0.15) is 0 Å². The number of hydrogen-bond acceptors (Lipinski definition) is 8. The number of ether oxygens (including phenoxy) is 1. The van der Waals surface area contributed by atoms with Gasteiger partial charge in [0, 0.05) is 26.2 Å². The lowest BCUT2D eigenvalue weighted by Crippen LogP contribution is -2.75. The first kappa shape index (κ1) is 29.3. The molecule has 0 bridgehead atoms. The van der Waals surface area contributed by atoms with E-state index >= 15 is 0 Å². The number of piperazine rings is 1. The Bertz CT molecular complexity index is 1160. The summed E-state index contributed by atoms with van der Waals surface area (Å²) in [6.45, 7) is 4.90. The van der Waals surface area contributed by atoms with Gasteiger partial charge in [-0.15, -0.1) is 0 Å². The normalized spacial score (nSPS) is 22.5. The SMILES string of the molecule is CCCCN1C(=O)[C@@H]([C@H](O)C2CCCCC2)NC(=O)C12CCN(Cc1ccc(OCc3ccc(O)cn3)cn1)CC2. The highest BCUT2D eigenvalue weighted by Crippen LogP contribution is 2.36. The average molecular weight is 566 g/mol. The van der Waals surface area contributed by atoms with Crippen LogP contribution in [0.3, 0.4) is 0 Å². The third-order valence-corrected chi connectivity index (χ3v) is 9.03. The van der Waals surface area contributed by atoms with Gasteiger partial charge in [-0.3, -0.25) is 24.5 Å². The molecule has 41 heavy (non-hydrogen) atoms.